The lowest BCUT2D eigenvalue weighted by molar-refractivity contribution is -0.140. The lowest BCUT2D eigenvalue weighted by Gasteiger charge is -2.18. The van der Waals surface area contributed by atoms with Crippen molar-refractivity contribution in [1.29, 1.82) is 0 Å². The monoisotopic (exact) mass is 217 g/mol. The fraction of sp³-hybridized carbons (Fsp3) is 0.700. The molecule has 0 aromatic carbocycles. The number of nitrogens with one attached hydrogen (secondary N) is 1. The molecule has 0 fully saturated rings. The Hall–Kier alpha value is -1.07. The zero-order chi connectivity index (χ0) is 11.8. The highest BCUT2D eigenvalue weighted by atomic mass is 16.7. The largest absolute Gasteiger partial charge is 0.480 e. The Kier molecular flexibility index (Phi) is 6.73. The molecule has 2 N–H and O–H groups in total. The number of hydrogen-bond donors (Lipinski definition) is 2. The number of carboxylic acid groups (broad SMARTS) is 1. The van der Waals surface area contributed by atoms with Gasteiger partial charge in [-0.1, -0.05) is 6.58 Å². The summed E-state index contributed by atoms with van der Waals surface area (Å²) in [6, 6.07) is -0.643. The molecule has 1 atom stereocenters. The zero-order valence-electron chi connectivity index (χ0n) is 9.45. The highest BCUT2D eigenvalue weighted by Gasteiger charge is 2.18. The third-order valence-corrected chi connectivity index (χ3v) is 1.94. The molecule has 88 valence electrons. The first-order chi connectivity index (χ1) is 7.01. The summed E-state index contributed by atoms with van der Waals surface area (Å²) in [5.41, 5.74) is 0.633. The van der Waals surface area contributed by atoms with Crippen molar-refractivity contribution >= 4 is 5.97 Å². The molecular formula is C10H19NO4. The number of methoxy groups -OCH3 is 2. The second kappa shape index (κ2) is 7.25. The topological polar surface area (TPSA) is 67.8 Å². The minimum Gasteiger partial charge on any atom is -0.480 e. The van der Waals surface area contributed by atoms with E-state index >= 15 is 0 Å². The molecular weight excluding hydrogens is 198 g/mol. The van der Waals surface area contributed by atoms with E-state index in [0.717, 1.165) is 0 Å². The van der Waals surface area contributed by atoms with Crippen LogP contribution >= 0.6 is 0 Å². The molecule has 15 heavy (non-hydrogen) atoms. The maximum Gasteiger partial charge on any atom is 0.326 e. The van der Waals surface area contributed by atoms with E-state index in [2.05, 4.69) is 11.9 Å². The molecule has 0 spiro atoms. The van der Waals surface area contributed by atoms with E-state index in [-0.39, 0.29) is 6.29 Å². The van der Waals surface area contributed by atoms with Crippen molar-refractivity contribution in [3.8, 4) is 0 Å². The number of ether oxygens (including phenoxy) is 2. The van der Waals surface area contributed by atoms with Gasteiger partial charge in [-0.3, -0.25) is 0 Å². The smallest absolute Gasteiger partial charge is 0.326 e. The number of aliphatic carboxylic acids is 1. The average molecular weight is 217 g/mol. The van der Waals surface area contributed by atoms with Crippen LogP contribution in [0, 0.1) is 0 Å². The van der Waals surface area contributed by atoms with Crippen molar-refractivity contribution in [3.05, 3.63) is 12.3 Å². The predicted octanol–water partition coefficient (Wildman–Crippen LogP) is 0.962. The van der Waals surface area contributed by atoms with Crippen LogP contribution in [0.15, 0.2) is 12.3 Å². The van der Waals surface area contributed by atoms with E-state index in [0.29, 0.717) is 18.5 Å². The number of allylic oxidation sites excluding steroid dienone is 1. The van der Waals surface area contributed by atoms with Crippen LogP contribution < -0.4 is 5.32 Å². The lowest BCUT2D eigenvalue weighted by Crippen LogP contribution is -2.36. The van der Waals surface area contributed by atoms with Crippen molar-refractivity contribution in [2.75, 3.05) is 14.2 Å². The Morgan fingerprint density at radius 1 is 1.40 bits per heavy atom. The molecule has 0 amide bonds. The van der Waals surface area contributed by atoms with E-state index < -0.39 is 12.0 Å². The minimum absolute atomic E-state index is 0.362. The maximum atomic E-state index is 10.8. The zero-order valence-corrected chi connectivity index (χ0v) is 9.45. The predicted molar refractivity (Wildman–Crippen MR) is 56.4 cm³/mol. The van der Waals surface area contributed by atoms with Crippen molar-refractivity contribution in [3.63, 3.8) is 0 Å². The van der Waals surface area contributed by atoms with E-state index in [1.807, 2.05) is 0 Å². The van der Waals surface area contributed by atoms with Crippen LogP contribution in [-0.2, 0) is 14.3 Å². The number of carboxylic acids is 1. The van der Waals surface area contributed by atoms with Crippen molar-refractivity contribution in [1.82, 2.24) is 5.32 Å². The quantitative estimate of drug-likeness (QED) is 0.593. The van der Waals surface area contributed by atoms with E-state index in [1.54, 1.807) is 6.92 Å². The SMILES string of the molecule is C=C(C)NC(CCC(OC)OC)C(=O)O. The summed E-state index contributed by atoms with van der Waals surface area (Å²) in [5.74, 6) is -0.899. The second-order valence-corrected chi connectivity index (χ2v) is 3.29. The van der Waals surface area contributed by atoms with Gasteiger partial charge in [-0.05, 0) is 13.3 Å². The molecule has 0 heterocycles. The van der Waals surface area contributed by atoms with Gasteiger partial charge in [0.1, 0.15) is 6.04 Å². The van der Waals surface area contributed by atoms with Gasteiger partial charge in [-0.15, -0.1) is 0 Å². The first kappa shape index (κ1) is 13.9. The lowest BCUT2D eigenvalue weighted by atomic mass is 10.1. The Balaban J connectivity index is 4.06. The molecule has 0 radical (unpaired) electrons. The van der Waals surface area contributed by atoms with Crippen molar-refractivity contribution < 1.29 is 19.4 Å². The molecule has 1 unspecified atom stereocenters. The number of rotatable bonds is 8. The summed E-state index contributed by atoms with van der Waals surface area (Å²) in [5, 5.41) is 11.7. The Morgan fingerprint density at radius 2 is 1.93 bits per heavy atom. The third-order valence-electron chi connectivity index (χ3n) is 1.94. The van der Waals surface area contributed by atoms with Crippen LogP contribution in [-0.4, -0.2) is 37.6 Å². The van der Waals surface area contributed by atoms with Crippen LogP contribution in [0.3, 0.4) is 0 Å². The van der Waals surface area contributed by atoms with Gasteiger partial charge in [-0.25, -0.2) is 4.79 Å². The summed E-state index contributed by atoms with van der Waals surface area (Å²) in [6.45, 7) is 5.33. The van der Waals surface area contributed by atoms with Crippen LogP contribution in [0.5, 0.6) is 0 Å². The molecule has 0 aromatic heterocycles. The molecule has 0 saturated heterocycles. The molecule has 0 rings (SSSR count). The number of carbonyl (C=O) groups is 1. The van der Waals surface area contributed by atoms with Crippen LogP contribution in [0.1, 0.15) is 19.8 Å². The molecule has 5 heteroatoms. The molecule has 0 aliphatic carbocycles. The molecule has 0 aliphatic rings. The van der Waals surface area contributed by atoms with Gasteiger partial charge in [0.05, 0.1) is 0 Å². The summed E-state index contributed by atoms with van der Waals surface area (Å²) in [7, 11) is 3.05. The molecule has 0 saturated carbocycles. The van der Waals surface area contributed by atoms with Gasteiger partial charge in [0.15, 0.2) is 6.29 Å². The highest BCUT2D eigenvalue weighted by molar-refractivity contribution is 5.73. The van der Waals surface area contributed by atoms with Gasteiger partial charge in [0, 0.05) is 26.3 Å². The van der Waals surface area contributed by atoms with Gasteiger partial charge in [0.25, 0.3) is 0 Å². The molecule has 0 aromatic rings. The van der Waals surface area contributed by atoms with E-state index in [1.165, 1.54) is 14.2 Å². The van der Waals surface area contributed by atoms with E-state index in [4.69, 9.17) is 14.6 Å². The maximum absolute atomic E-state index is 10.8. The Labute approximate surface area is 90.1 Å². The summed E-state index contributed by atoms with van der Waals surface area (Å²) < 4.78 is 9.94. The van der Waals surface area contributed by atoms with Crippen molar-refractivity contribution in [2.24, 2.45) is 0 Å². The Morgan fingerprint density at radius 3 is 2.27 bits per heavy atom. The number of hydrogen-bond acceptors (Lipinski definition) is 4. The van der Waals surface area contributed by atoms with E-state index in [9.17, 15) is 4.79 Å². The standard InChI is InChI=1S/C10H19NO4/c1-7(2)11-8(10(12)13)5-6-9(14-3)15-4/h8-9,11H,1,5-6H2,2-4H3,(H,12,13). The minimum atomic E-state index is -0.899. The second-order valence-electron chi connectivity index (χ2n) is 3.29. The van der Waals surface area contributed by atoms with Gasteiger partial charge in [-0.2, -0.15) is 0 Å². The fourth-order valence-electron chi connectivity index (χ4n) is 1.19. The van der Waals surface area contributed by atoms with Gasteiger partial charge >= 0.3 is 5.97 Å². The summed E-state index contributed by atoms with van der Waals surface area (Å²) in [4.78, 5) is 10.8. The van der Waals surface area contributed by atoms with Gasteiger partial charge in [0.2, 0.25) is 0 Å². The van der Waals surface area contributed by atoms with Crippen LogP contribution in [0.4, 0.5) is 0 Å². The first-order valence-corrected chi connectivity index (χ1v) is 4.71. The molecule has 0 bridgehead atoms. The third kappa shape index (κ3) is 6.09. The fourth-order valence-corrected chi connectivity index (χ4v) is 1.19. The summed E-state index contributed by atoms with van der Waals surface area (Å²) >= 11 is 0. The van der Waals surface area contributed by atoms with Crippen molar-refractivity contribution in [2.45, 2.75) is 32.1 Å². The Bertz CT molecular complexity index is 213. The van der Waals surface area contributed by atoms with Gasteiger partial charge < -0.3 is 19.9 Å². The molecule has 5 nitrogen and oxygen atoms in total. The first-order valence-electron chi connectivity index (χ1n) is 4.71. The average Bonchev–Trinajstić information content (AvgIpc) is 2.16. The normalized spacial score (nSPS) is 12.5. The van der Waals surface area contributed by atoms with Crippen LogP contribution in [0.25, 0.3) is 0 Å². The highest BCUT2D eigenvalue weighted by Crippen LogP contribution is 2.06. The van der Waals surface area contributed by atoms with Crippen LogP contribution in [0.2, 0.25) is 0 Å². The summed E-state index contributed by atoms with van der Waals surface area (Å²) in [6.07, 6.45) is 0.581. The molecule has 0 aliphatic heterocycles.